The monoisotopic (exact) mass is 338 g/mol. The molecule has 0 bridgehead atoms. The maximum Gasteiger partial charge on any atom is 0.264 e. The van der Waals surface area contributed by atoms with Crippen molar-refractivity contribution in [3.05, 3.63) is 90.8 Å². The fourth-order valence-corrected chi connectivity index (χ4v) is 3.94. The van der Waals surface area contributed by atoms with Crippen LogP contribution in [0.2, 0.25) is 0 Å². The van der Waals surface area contributed by atoms with E-state index in [1.54, 1.807) is 18.3 Å². The fourth-order valence-electron chi connectivity index (χ4n) is 2.53. The van der Waals surface area contributed by atoms with Gasteiger partial charge in [-0.25, -0.2) is 8.42 Å². The minimum absolute atomic E-state index is 0.673. The first kappa shape index (κ1) is 16.2. The van der Waals surface area contributed by atoms with Crippen molar-refractivity contribution in [1.29, 1.82) is 0 Å². The Balaban J connectivity index is 1.99. The molecular formula is C19H18N2O2S. The number of benzene rings is 2. The van der Waals surface area contributed by atoms with Gasteiger partial charge >= 0.3 is 0 Å². The summed E-state index contributed by atoms with van der Waals surface area (Å²) in [5.74, 6) is 0. The third kappa shape index (κ3) is 3.03. The van der Waals surface area contributed by atoms with Crippen LogP contribution in [0.25, 0.3) is 11.1 Å². The van der Waals surface area contributed by atoms with E-state index >= 15 is 0 Å². The molecule has 0 amide bonds. The molecule has 4 nitrogen and oxygen atoms in total. The van der Waals surface area contributed by atoms with Crippen molar-refractivity contribution in [1.82, 2.24) is 9.19 Å². The predicted octanol–water partition coefficient (Wildman–Crippen LogP) is 3.96. The highest BCUT2D eigenvalue weighted by molar-refractivity contribution is 7.90. The van der Waals surface area contributed by atoms with Gasteiger partial charge in [0.1, 0.15) is 5.25 Å². The van der Waals surface area contributed by atoms with Crippen LogP contribution >= 0.6 is 0 Å². The Kier molecular flexibility index (Phi) is 4.36. The van der Waals surface area contributed by atoms with Gasteiger partial charge in [0, 0.05) is 5.56 Å². The van der Waals surface area contributed by atoms with E-state index in [-0.39, 0.29) is 0 Å². The Morgan fingerprint density at radius 1 is 1.04 bits per heavy atom. The molecule has 0 saturated heterocycles. The summed E-state index contributed by atoms with van der Waals surface area (Å²) < 4.78 is 26.9. The molecule has 2 aromatic carbocycles. The normalized spacial score (nSPS) is 12.7. The number of hydrogen-bond acceptors (Lipinski definition) is 3. The molecule has 3 aromatic rings. The lowest BCUT2D eigenvalue weighted by atomic mass is 10.1. The van der Waals surface area contributed by atoms with Crippen molar-refractivity contribution >= 4 is 10.0 Å². The number of hydrogen-bond donors (Lipinski definition) is 0. The Bertz CT molecular complexity index is 943. The Labute approximate surface area is 142 Å². The maximum atomic E-state index is 12.9. The minimum Gasteiger partial charge on any atom is -0.204 e. The zero-order valence-corrected chi connectivity index (χ0v) is 14.1. The molecule has 0 radical (unpaired) electrons. The molecule has 1 atom stereocenters. The molecule has 0 spiro atoms. The lowest BCUT2D eigenvalue weighted by molar-refractivity contribution is 0.574. The van der Waals surface area contributed by atoms with Gasteiger partial charge in [-0.1, -0.05) is 66.2 Å². The van der Waals surface area contributed by atoms with Crippen molar-refractivity contribution in [2.75, 3.05) is 0 Å². The molecule has 3 rings (SSSR count). The van der Waals surface area contributed by atoms with Gasteiger partial charge in [-0.3, -0.25) is 0 Å². The first-order valence-corrected chi connectivity index (χ1v) is 9.06. The third-order valence-electron chi connectivity index (χ3n) is 3.87. The van der Waals surface area contributed by atoms with Crippen LogP contribution in [0.1, 0.15) is 16.4 Å². The Hall–Kier alpha value is -2.66. The number of nitrogens with zero attached hydrogens (tertiary/aromatic N) is 2. The number of rotatable bonds is 5. The molecule has 1 aromatic heterocycles. The Morgan fingerprint density at radius 2 is 1.71 bits per heavy atom. The molecule has 1 heterocycles. The third-order valence-corrected chi connectivity index (χ3v) is 5.70. The van der Waals surface area contributed by atoms with Crippen LogP contribution < -0.4 is 0 Å². The van der Waals surface area contributed by atoms with Gasteiger partial charge in [-0.2, -0.15) is 9.19 Å². The standard InChI is InChI=1S/C19H18N2O2S/c1-3-19(17-11-9-15(2)10-12-17)24(22,23)21-14-18(13-20-21)16-7-5-4-6-8-16/h3-14,19H,1H2,2H3. The van der Waals surface area contributed by atoms with Gasteiger partial charge < -0.3 is 0 Å². The van der Waals surface area contributed by atoms with E-state index < -0.39 is 15.3 Å². The molecule has 24 heavy (non-hydrogen) atoms. The zero-order valence-electron chi connectivity index (χ0n) is 13.3. The highest BCUT2D eigenvalue weighted by Crippen LogP contribution is 2.27. The van der Waals surface area contributed by atoms with Gasteiger partial charge in [-0.05, 0) is 18.1 Å². The van der Waals surface area contributed by atoms with Gasteiger partial charge in [-0.15, -0.1) is 6.58 Å². The second-order valence-electron chi connectivity index (χ2n) is 5.58. The number of aromatic nitrogens is 2. The second kappa shape index (κ2) is 6.45. The summed E-state index contributed by atoms with van der Waals surface area (Å²) in [6, 6.07) is 16.9. The summed E-state index contributed by atoms with van der Waals surface area (Å²) in [7, 11) is -3.72. The molecule has 122 valence electrons. The first-order chi connectivity index (χ1) is 11.5. The van der Waals surface area contributed by atoms with E-state index in [2.05, 4.69) is 11.7 Å². The molecular weight excluding hydrogens is 320 g/mol. The molecule has 1 unspecified atom stereocenters. The van der Waals surface area contributed by atoms with Crippen LogP contribution in [-0.4, -0.2) is 17.6 Å². The average molecular weight is 338 g/mol. The van der Waals surface area contributed by atoms with Gasteiger partial charge in [0.05, 0.1) is 12.4 Å². The van der Waals surface area contributed by atoms with Crippen LogP contribution in [0, 0.1) is 6.92 Å². The summed E-state index contributed by atoms with van der Waals surface area (Å²) in [5, 5.41) is 3.21. The zero-order chi connectivity index (χ0) is 17.2. The van der Waals surface area contributed by atoms with Crippen molar-refractivity contribution in [3.8, 4) is 11.1 Å². The van der Waals surface area contributed by atoms with Crippen molar-refractivity contribution in [3.63, 3.8) is 0 Å². The maximum absolute atomic E-state index is 12.9. The predicted molar refractivity (Wildman–Crippen MR) is 96.1 cm³/mol. The SMILES string of the molecule is C=CC(c1ccc(C)cc1)S(=O)(=O)n1cc(-c2ccccc2)cn1. The first-order valence-electron chi connectivity index (χ1n) is 7.56. The summed E-state index contributed by atoms with van der Waals surface area (Å²) in [6.07, 6.45) is 4.53. The van der Waals surface area contributed by atoms with Crippen molar-refractivity contribution < 1.29 is 8.42 Å². The van der Waals surface area contributed by atoms with Gasteiger partial charge in [0.2, 0.25) is 0 Å². The van der Waals surface area contributed by atoms with Crippen molar-refractivity contribution in [2.24, 2.45) is 0 Å². The van der Waals surface area contributed by atoms with E-state index in [0.29, 0.717) is 5.56 Å². The summed E-state index contributed by atoms with van der Waals surface area (Å²) >= 11 is 0. The molecule has 0 aliphatic carbocycles. The van der Waals surface area contributed by atoms with Gasteiger partial charge in [0.25, 0.3) is 10.0 Å². The average Bonchev–Trinajstić information content (AvgIpc) is 3.09. The van der Waals surface area contributed by atoms with E-state index in [1.165, 1.54) is 12.3 Å². The lowest BCUT2D eigenvalue weighted by Crippen LogP contribution is -2.20. The van der Waals surface area contributed by atoms with Crippen LogP contribution in [0.15, 0.2) is 79.6 Å². The highest BCUT2D eigenvalue weighted by Gasteiger charge is 2.27. The Morgan fingerprint density at radius 3 is 2.33 bits per heavy atom. The lowest BCUT2D eigenvalue weighted by Gasteiger charge is -2.14. The van der Waals surface area contributed by atoms with Crippen LogP contribution in [-0.2, 0) is 10.0 Å². The van der Waals surface area contributed by atoms with E-state index in [1.807, 2.05) is 49.4 Å². The van der Waals surface area contributed by atoms with E-state index in [0.717, 1.165) is 20.8 Å². The second-order valence-corrected chi connectivity index (χ2v) is 7.49. The summed E-state index contributed by atoms with van der Waals surface area (Å²) in [5.41, 5.74) is 3.42. The van der Waals surface area contributed by atoms with Crippen LogP contribution in [0.4, 0.5) is 0 Å². The van der Waals surface area contributed by atoms with E-state index in [4.69, 9.17) is 0 Å². The minimum atomic E-state index is -3.72. The number of aryl methyl sites for hydroxylation is 1. The quantitative estimate of drug-likeness (QED) is 0.662. The summed E-state index contributed by atoms with van der Waals surface area (Å²) in [6.45, 7) is 5.66. The fraction of sp³-hybridized carbons (Fsp3) is 0.105. The molecule has 0 fully saturated rings. The topological polar surface area (TPSA) is 52.0 Å². The van der Waals surface area contributed by atoms with Crippen LogP contribution in [0.3, 0.4) is 0 Å². The van der Waals surface area contributed by atoms with Crippen LogP contribution in [0.5, 0.6) is 0 Å². The largest absolute Gasteiger partial charge is 0.264 e. The van der Waals surface area contributed by atoms with Gasteiger partial charge in [0.15, 0.2) is 0 Å². The molecule has 0 aliphatic rings. The highest BCUT2D eigenvalue weighted by atomic mass is 32.2. The van der Waals surface area contributed by atoms with Crippen molar-refractivity contribution in [2.45, 2.75) is 12.2 Å². The molecule has 0 saturated carbocycles. The molecule has 0 N–H and O–H groups in total. The summed E-state index contributed by atoms with van der Waals surface area (Å²) in [4.78, 5) is 0. The van der Waals surface area contributed by atoms with E-state index in [9.17, 15) is 8.42 Å². The molecule has 5 heteroatoms. The smallest absolute Gasteiger partial charge is 0.204 e. The molecule has 0 aliphatic heterocycles.